The number of aliphatic hydroxyl groups excluding tert-OH is 1. The maximum Gasteiger partial charge on any atom is 0.407 e. The van der Waals surface area contributed by atoms with Gasteiger partial charge in [0.2, 0.25) is 0 Å². The second-order valence-electron chi connectivity index (χ2n) is 3.67. The molecule has 2 atom stereocenters. The fourth-order valence-electron chi connectivity index (χ4n) is 1.30. The van der Waals surface area contributed by atoms with E-state index in [1.807, 2.05) is 36.4 Å². The first-order valence-electron chi connectivity index (χ1n) is 5.39. The fraction of sp³-hybridized carbons (Fsp3) is 0.308. The number of amides is 1. The summed E-state index contributed by atoms with van der Waals surface area (Å²) in [5, 5.41) is 12.1. The molecule has 0 radical (unpaired) electrons. The van der Waals surface area contributed by atoms with Crippen molar-refractivity contribution in [1.82, 2.24) is 5.32 Å². The van der Waals surface area contributed by atoms with E-state index in [4.69, 9.17) is 0 Å². The number of alkyl carbamates (subject to hydrolysis) is 1. The molecule has 1 aromatic rings. The molecule has 0 bridgehead atoms. The molecule has 0 saturated carbocycles. The van der Waals surface area contributed by atoms with Gasteiger partial charge in [-0.1, -0.05) is 42.5 Å². The van der Waals surface area contributed by atoms with Crippen LogP contribution in [0.1, 0.15) is 12.5 Å². The van der Waals surface area contributed by atoms with Crippen LogP contribution in [0.25, 0.3) is 6.08 Å². The van der Waals surface area contributed by atoms with Crippen molar-refractivity contribution in [2.75, 3.05) is 7.11 Å². The Balaban J connectivity index is 2.67. The molecule has 0 aromatic heterocycles. The number of ether oxygens (including phenoxy) is 1. The highest BCUT2D eigenvalue weighted by atomic mass is 16.5. The van der Waals surface area contributed by atoms with E-state index in [9.17, 15) is 9.90 Å². The summed E-state index contributed by atoms with van der Waals surface area (Å²) in [7, 11) is 1.29. The lowest BCUT2D eigenvalue weighted by atomic mass is 10.1. The van der Waals surface area contributed by atoms with Gasteiger partial charge in [-0.05, 0) is 12.5 Å². The molecule has 1 aromatic carbocycles. The lowest BCUT2D eigenvalue weighted by Gasteiger charge is -2.16. The van der Waals surface area contributed by atoms with Gasteiger partial charge in [-0.15, -0.1) is 0 Å². The minimum absolute atomic E-state index is 0.470. The van der Waals surface area contributed by atoms with Crippen LogP contribution in [0, 0.1) is 0 Å². The molecule has 17 heavy (non-hydrogen) atoms. The van der Waals surface area contributed by atoms with Crippen molar-refractivity contribution in [1.29, 1.82) is 0 Å². The molecule has 0 unspecified atom stereocenters. The maximum absolute atomic E-state index is 11.1. The van der Waals surface area contributed by atoms with Crippen LogP contribution in [-0.2, 0) is 4.74 Å². The molecule has 0 heterocycles. The number of hydrogen-bond acceptors (Lipinski definition) is 3. The number of hydrogen-bond donors (Lipinski definition) is 2. The van der Waals surface area contributed by atoms with Gasteiger partial charge >= 0.3 is 6.09 Å². The second-order valence-corrected chi connectivity index (χ2v) is 3.67. The molecular formula is C13H17NO3. The Labute approximate surface area is 101 Å². The number of benzene rings is 1. The molecule has 2 N–H and O–H groups in total. The van der Waals surface area contributed by atoms with E-state index in [0.29, 0.717) is 0 Å². The summed E-state index contributed by atoms with van der Waals surface area (Å²) in [6.45, 7) is 1.61. The van der Waals surface area contributed by atoms with E-state index in [1.54, 1.807) is 13.0 Å². The molecule has 0 aliphatic heterocycles. The Bertz CT molecular complexity index is 374. The van der Waals surface area contributed by atoms with E-state index < -0.39 is 18.2 Å². The van der Waals surface area contributed by atoms with Crippen molar-refractivity contribution < 1.29 is 14.6 Å². The number of methoxy groups -OCH3 is 1. The minimum Gasteiger partial charge on any atom is -0.453 e. The van der Waals surface area contributed by atoms with Crippen molar-refractivity contribution in [3.63, 3.8) is 0 Å². The first kappa shape index (κ1) is 13.3. The lowest BCUT2D eigenvalue weighted by Crippen LogP contribution is -2.40. The van der Waals surface area contributed by atoms with E-state index in [0.717, 1.165) is 5.56 Å². The van der Waals surface area contributed by atoms with E-state index in [1.165, 1.54) is 7.11 Å². The topological polar surface area (TPSA) is 58.6 Å². The summed E-state index contributed by atoms with van der Waals surface area (Å²) in [5.74, 6) is 0. The first-order valence-corrected chi connectivity index (χ1v) is 5.39. The number of carbonyl (C=O) groups excluding carboxylic acids is 1. The predicted molar refractivity (Wildman–Crippen MR) is 66.5 cm³/mol. The number of rotatable bonds is 4. The zero-order valence-corrected chi connectivity index (χ0v) is 9.96. The van der Waals surface area contributed by atoms with Crippen molar-refractivity contribution in [3.05, 3.63) is 42.0 Å². The summed E-state index contributed by atoms with van der Waals surface area (Å²) in [6.07, 6.45) is 2.33. The monoisotopic (exact) mass is 235 g/mol. The molecule has 4 heteroatoms. The third-order valence-electron chi connectivity index (χ3n) is 2.29. The highest BCUT2D eigenvalue weighted by molar-refractivity contribution is 5.68. The van der Waals surface area contributed by atoms with Crippen molar-refractivity contribution in [2.24, 2.45) is 0 Å². The van der Waals surface area contributed by atoms with Crippen molar-refractivity contribution in [2.45, 2.75) is 19.1 Å². The van der Waals surface area contributed by atoms with Crippen molar-refractivity contribution in [3.8, 4) is 0 Å². The van der Waals surface area contributed by atoms with Gasteiger partial charge in [0, 0.05) is 0 Å². The van der Waals surface area contributed by atoms with Crippen LogP contribution in [0.3, 0.4) is 0 Å². The average molecular weight is 235 g/mol. The Kier molecular flexibility index (Phi) is 5.23. The zero-order chi connectivity index (χ0) is 12.7. The summed E-state index contributed by atoms with van der Waals surface area (Å²) in [4.78, 5) is 11.1. The summed E-state index contributed by atoms with van der Waals surface area (Å²) in [6, 6.07) is 9.18. The Hall–Kier alpha value is -1.81. The summed E-state index contributed by atoms with van der Waals surface area (Å²) in [5.41, 5.74) is 1.00. The van der Waals surface area contributed by atoms with Crippen LogP contribution in [0.4, 0.5) is 4.79 Å². The highest BCUT2D eigenvalue weighted by Gasteiger charge is 2.14. The van der Waals surface area contributed by atoms with Gasteiger partial charge in [-0.25, -0.2) is 4.79 Å². The molecule has 1 rings (SSSR count). The number of carbonyl (C=O) groups is 1. The van der Waals surface area contributed by atoms with Crippen LogP contribution in [0.2, 0.25) is 0 Å². The van der Waals surface area contributed by atoms with Crippen molar-refractivity contribution >= 4 is 12.2 Å². The molecule has 1 amide bonds. The van der Waals surface area contributed by atoms with Gasteiger partial charge in [-0.2, -0.15) is 0 Å². The summed E-state index contributed by atoms with van der Waals surface area (Å²) < 4.78 is 4.49. The highest BCUT2D eigenvalue weighted by Crippen LogP contribution is 2.04. The predicted octanol–water partition coefficient (Wildman–Crippen LogP) is 1.81. The molecule has 0 fully saturated rings. The molecule has 0 saturated heterocycles. The Morgan fingerprint density at radius 2 is 2.06 bits per heavy atom. The molecule has 0 aliphatic rings. The van der Waals surface area contributed by atoms with Gasteiger partial charge in [0.05, 0.1) is 19.3 Å². The van der Waals surface area contributed by atoms with E-state index in [2.05, 4.69) is 10.1 Å². The molecule has 92 valence electrons. The van der Waals surface area contributed by atoms with Crippen LogP contribution >= 0.6 is 0 Å². The van der Waals surface area contributed by atoms with Gasteiger partial charge in [0.15, 0.2) is 0 Å². The SMILES string of the molecule is COC(=O)N[C@H](/C=C/c1ccccc1)[C@H](C)O. The lowest BCUT2D eigenvalue weighted by molar-refractivity contribution is 0.138. The number of nitrogens with one attached hydrogen (secondary N) is 1. The van der Waals surface area contributed by atoms with E-state index in [-0.39, 0.29) is 0 Å². The summed E-state index contributed by atoms with van der Waals surface area (Å²) >= 11 is 0. The fourth-order valence-corrected chi connectivity index (χ4v) is 1.30. The van der Waals surface area contributed by atoms with Crippen LogP contribution < -0.4 is 5.32 Å². The smallest absolute Gasteiger partial charge is 0.407 e. The third kappa shape index (κ3) is 4.70. The van der Waals surface area contributed by atoms with Gasteiger partial charge < -0.3 is 15.2 Å². The molecule has 0 spiro atoms. The van der Waals surface area contributed by atoms with E-state index >= 15 is 0 Å². The average Bonchev–Trinajstić information content (AvgIpc) is 2.35. The van der Waals surface area contributed by atoms with Gasteiger partial charge in [-0.3, -0.25) is 0 Å². The largest absolute Gasteiger partial charge is 0.453 e. The minimum atomic E-state index is -0.686. The molecular weight excluding hydrogens is 218 g/mol. The number of aliphatic hydroxyl groups is 1. The normalized spacial score (nSPS) is 14.3. The quantitative estimate of drug-likeness (QED) is 0.836. The Morgan fingerprint density at radius 1 is 1.41 bits per heavy atom. The standard InChI is InChI=1S/C13H17NO3/c1-10(15)12(14-13(16)17-2)9-8-11-6-4-3-5-7-11/h3-10,12,15H,1-2H3,(H,14,16)/b9-8+/t10-,12+/m0/s1. The van der Waals surface area contributed by atoms with Crippen LogP contribution in [-0.4, -0.2) is 30.5 Å². The molecule has 4 nitrogen and oxygen atoms in total. The zero-order valence-electron chi connectivity index (χ0n) is 9.96. The van der Waals surface area contributed by atoms with Gasteiger partial charge in [0.1, 0.15) is 0 Å². The second kappa shape index (κ2) is 6.70. The van der Waals surface area contributed by atoms with Crippen LogP contribution in [0.15, 0.2) is 36.4 Å². The van der Waals surface area contributed by atoms with Crippen LogP contribution in [0.5, 0.6) is 0 Å². The maximum atomic E-state index is 11.1. The molecule has 0 aliphatic carbocycles. The first-order chi connectivity index (χ1) is 8.13. The Morgan fingerprint density at radius 3 is 2.59 bits per heavy atom. The third-order valence-corrected chi connectivity index (χ3v) is 2.29. The van der Waals surface area contributed by atoms with Gasteiger partial charge in [0.25, 0.3) is 0 Å².